The third-order valence-electron chi connectivity index (χ3n) is 5.20. The van der Waals surface area contributed by atoms with Crippen molar-refractivity contribution in [2.75, 3.05) is 18.4 Å². The van der Waals surface area contributed by atoms with Gasteiger partial charge in [0.15, 0.2) is 0 Å². The molecule has 0 atom stereocenters. The molecule has 5 heterocycles. The number of aryl methyl sites for hydroxylation is 1. The number of aromatic amines is 1. The van der Waals surface area contributed by atoms with Gasteiger partial charge < -0.3 is 24.7 Å². The summed E-state index contributed by atoms with van der Waals surface area (Å²) >= 11 is 0. The number of amides is 1. The maximum absolute atomic E-state index is 11.1. The van der Waals surface area contributed by atoms with Crippen molar-refractivity contribution in [3.63, 3.8) is 0 Å². The van der Waals surface area contributed by atoms with Crippen LogP contribution in [0.15, 0.2) is 43.0 Å². The second-order valence-electron chi connectivity index (χ2n) is 7.05. The first-order valence-electron chi connectivity index (χ1n) is 9.30. The summed E-state index contributed by atoms with van der Waals surface area (Å²) < 4.78 is 2.02. The number of pyridine rings is 1. The molecule has 0 aliphatic carbocycles. The lowest BCUT2D eigenvalue weighted by Gasteiger charge is -2.23. The van der Waals surface area contributed by atoms with Crippen LogP contribution in [0.5, 0.6) is 0 Å². The minimum atomic E-state index is -0.889. The highest BCUT2D eigenvalue weighted by atomic mass is 16.4. The second-order valence-corrected chi connectivity index (χ2v) is 7.05. The lowest BCUT2D eigenvalue weighted by Crippen LogP contribution is -2.33. The first kappa shape index (κ1) is 17.2. The standard InChI is InChI=1S/C20H19N7O2/c1-12-9-21-17-3-2-14(10-27(12)17)24-18-15-8-16(25-19(15)23-11-22-18)13-4-6-26(7-5-13)20(28)29/h2-4,8-11H,5-7H2,1H3,(H,28,29)(H2,22,23,24,25). The van der Waals surface area contributed by atoms with E-state index in [1.165, 1.54) is 11.2 Å². The van der Waals surface area contributed by atoms with Gasteiger partial charge in [-0.2, -0.15) is 0 Å². The van der Waals surface area contributed by atoms with Gasteiger partial charge in [-0.3, -0.25) is 0 Å². The SMILES string of the molecule is Cc1cnc2ccc(Nc3ncnc4[nH]c(C5=CCN(C(=O)O)CC5)cc34)cn12. The number of rotatable bonds is 3. The Balaban J connectivity index is 1.47. The fraction of sp³-hybridized carbons (Fsp3) is 0.200. The Morgan fingerprint density at radius 2 is 2.17 bits per heavy atom. The normalized spacial score (nSPS) is 14.4. The first-order chi connectivity index (χ1) is 14.1. The van der Waals surface area contributed by atoms with Crippen molar-refractivity contribution >= 4 is 39.9 Å². The van der Waals surface area contributed by atoms with Gasteiger partial charge in [0.25, 0.3) is 0 Å². The van der Waals surface area contributed by atoms with Crippen molar-refractivity contribution in [2.45, 2.75) is 13.3 Å². The summed E-state index contributed by atoms with van der Waals surface area (Å²) in [6, 6.07) is 5.94. The molecule has 0 unspecified atom stereocenters. The Morgan fingerprint density at radius 1 is 1.28 bits per heavy atom. The predicted octanol–water partition coefficient (Wildman–Crippen LogP) is 3.42. The molecule has 4 aromatic heterocycles. The minimum absolute atomic E-state index is 0.390. The average molecular weight is 389 g/mol. The first-order valence-corrected chi connectivity index (χ1v) is 9.30. The summed E-state index contributed by atoms with van der Waals surface area (Å²) in [5.41, 5.74) is 5.61. The topological polar surface area (TPSA) is 111 Å². The van der Waals surface area contributed by atoms with Gasteiger partial charge in [0, 0.05) is 36.9 Å². The fourth-order valence-electron chi connectivity index (χ4n) is 3.61. The monoisotopic (exact) mass is 389 g/mol. The van der Waals surface area contributed by atoms with Crippen LogP contribution < -0.4 is 5.32 Å². The van der Waals surface area contributed by atoms with E-state index < -0.39 is 6.09 Å². The summed E-state index contributed by atoms with van der Waals surface area (Å²) in [4.78, 5) is 28.9. The van der Waals surface area contributed by atoms with E-state index in [4.69, 9.17) is 5.11 Å². The van der Waals surface area contributed by atoms with Crippen LogP contribution in [-0.2, 0) is 0 Å². The third kappa shape index (κ3) is 3.06. The number of carbonyl (C=O) groups is 1. The summed E-state index contributed by atoms with van der Waals surface area (Å²) in [5.74, 6) is 0.707. The van der Waals surface area contributed by atoms with Crippen LogP contribution >= 0.6 is 0 Å². The van der Waals surface area contributed by atoms with E-state index in [9.17, 15) is 4.79 Å². The fourth-order valence-corrected chi connectivity index (χ4v) is 3.61. The number of nitrogens with one attached hydrogen (secondary N) is 2. The molecular weight excluding hydrogens is 370 g/mol. The zero-order chi connectivity index (χ0) is 20.0. The maximum atomic E-state index is 11.1. The number of imidazole rings is 1. The highest BCUT2D eigenvalue weighted by molar-refractivity contribution is 5.92. The molecule has 5 rings (SSSR count). The number of hydrogen-bond donors (Lipinski definition) is 3. The van der Waals surface area contributed by atoms with Crippen molar-refractivity contribution < 1.29 is 9.90 Å². The molecule has 4 aromatic rings. The molecule has 9 heteroatoms. The summed E-state index contributed by atoms with van der Waals surface area (Å²) in [6.45, 7) is 2.88. The Kier molecular flexibility index (Phi) is 3.94. The van der Waals surface area contributed by atoms with Gasteiger partial charge in [-0.25, -0.2) is 19.7 Å². The zero-order valence-corrected chi connectivity index (χ0v) is 15.8. The molecule has 0 saturated carbocycles. The Hall–Kier alpha value is -3.88. The van der Waals surface area contributed by atoms with Crippen LogP contribution in [0.1, 0.15) is 17.8 Å². The number of anilines is 2. The van der Waals surface area contributed by atoms with Crippen LogP contribution in [0.4, 0.5) is 16.3 Å². The van der Waals surface area contributed by atoms with E-state index in [0.717, 1.165) is 39.3 Å². The zero-order valence-electron chi connectivity index (χ0n) is 15.8. The van der Waals surface area contributed by atoms with Crippen molar-refractivity contribution in [1.82, 2.24) is 29.2 Å². The van der Waals surface area contributed by atoms with Crippen LogP contribution in [0, 0.1) is 6.92 Å². The van der Waals surface area contributed by atoms with Crippen LogP contribution in [0.25, 0.3) is 22.3 Å². The number of aromatic nitrogens is 5. The predicted molar refractivity (Wildman–Crippen MR) is 109 cm³/mol. The number of fused-ring (bicyclic) bond motifs is 2. The van der Waals surface area contributed by atoms with E-state index in [2.05, 4.69) is 25.3 Å². The largest absolute Gasteiger partial charge is 0.465 e. The minimum Gasteiger partial charge on any atom is -0.465 e. The van der Waals surface area contributed by atoms with Gasteiger partial charge in [0.05, 0.1) is 11.1 Å². The average Bonchev–Trinajstić information content (AvgIpc) is 3.33. The van der Waals surface area contributed by atoms with Gasteiger partial charge in [-0.1, -0.05) is 6.08 Å². The Labute approximate surface area is 165 Å². The van der Waals surface area contributed by atoms with E-state index >= 15 is 0 Å². The molecular formula is C20H19N7O2. The van der Waals surface area contributed by atoms with E-state index in [1.807, 2.05) is 48.0 Å². The molecule has 29 heavy (non-hydrogen) atoms. The number of carboxylic acid groups (broad SMARTS) is 1. The van der Waals surface area contributed by atoms with Gasteiger partial charge in [0.2, 0.25) is 0 Å². The molecule has 146 valence electrons. The molecule has 0 aromatic carbocycles. The Bertz CT molecular complexity index is 1270. The number of H-pyrrole nitrogens is 1. The lowest BCUT2D eigenvalue weighted by atomic mass is 10.1. The van der Waals surface area contributed by atoms with Crippen LogP contribution in [-0.4, -0.2) is 53.5 Å². The summed E-state index contributed by atoms with van der Waals surface area (Å²) in [7, 11) is 0. The molecule has 0 radical (unpaired) electrons. The van der Waals surface area contributed by atoms with Gasteiger partial charge >= 0.3 is 6.09 Å². The van der Waals surface area contributed by atoms with Crippen molar-refractivity contribution in [3.05, 3.63) is 54.4 Å². The van der Waals surface area contributed by atoms with Gasteiger partial charge in [-0.15, -0.1) is 0 Å². The maximum Gasteiger partial charge on any atom is 0.407 e. The third-order valence-corrected chi connectivity index (χ3v) is 5.20. The van der Waals surface area contributed by atoms with E-state index in [-0.39, 0.29) is 0 Å². The van der Waals surface area contributed by atoms with Crippen LogP contribution in [0.2, 0.25) is 0 Å². The summed E-state index contributed by atoms with van der Waals surface area (Å²) in [6.07, 6.45) is 7.06. The molecule has 0 spiro atoms. The quantitative estimate of drug-likeness (QED) is 0.495. The van der Waals surface area contributed by atoms with E-state index in [1.54, 1.807) is 0 Å². The molecule has 9 nitrogen and oxygen atoms in total. The molecule has 0 saturated heterocycles. The number of nitrogens with zero attached hydrogens (tertiary/aromatic N) is 5. The van der Waals surface area contributed by atoms with Crippen molar-refractivity contribution in [3.8, 4) is 0 Å². The number of hydrogen-bond acceptors (Lipinski definition) is 5. The van der Waals surface area contributed by atoms with Gasteiger partial charge in [-0.05, 0) is 37.1 Å². The van der Waals surface area contributed by atoms with Crippen molar-refractivity contribution in [1.29, 1.82) is 0 Å². The molecule has 1 aliphatic heterocycles. The molecule has 1 aliphatic rings. The molecule has 3 N–H and O–H groups in total. The highest BCUT2D eigenvalue weighted by Gasteiger charge is 2.18. The molecule has 0 fully saturated rings. The summed E-state index contributed by atoms with van der Waals surface area (Å²) in [5, 5.41) is 13.4. The lowest BCUT2D eigenvalue weighted by molar-refractivity contribution is 0.150. The smallest absolute Gasteiger partial charge is 0.407 e. The van der Waals surface area contributed by atoms with Crippen molar-refractivity contribution in [2.24, 2.45) is 0 Å². The van der Waals surface area contributed by atoms with E-state index in [0.29, 0.717) is 25.3 Å². The van der Waals surface area contributed by atoms with Gasteiger partial charge in [0.1, 0.15) is 23.4 Å². The highest BCUT2D eigenvalue weighted by Crippen LogP contribution is 2.29. The molecule has 0 bridgehead atoms. The Morgan fingerprint density at radius 3 is 2.97 bits per heavy atom. The molecule has 1 amide bonds. The second kappa shape index (κ2) is 6.62. The van der Waals surface area contributed by atoms with Crippen LogP contribution in [0.3, 0.4) is 0 Å².